The van der Waals surface area contributed by atoms with Crippen LogP contribution in [0.25, 0.3) is 0 Å². The number of anilines is 2. The summed E-state index contributed by atoms with van der Waals surface area (Å²) in [5, 5.41) is 7.65. The summed E-state index contributed by atoms with van der Waals surface area (Å²) in [6, 6.07) is 11.8. The van der Waals surface area contributed by atoms with Crippen LogP contribution in [-0.4, -0.2) is 23.2 Å². The summed E-state index contributed by atoms with van der Waals surface area (Å²) in [6.07, 6.45) is 3.42. The average molecular weight is 398 g/mol. The lowest BCUT2D eigenvalue weighted by molar-refractivity contribution is 0.600. The molecule has 0 aliphatic heterocycles. The maximum Gasteiger partial charge on any atom is 0.263 e. The van der Waals surface area contributed by atoms with Crippen LogP contribution in [0.2, 0.25) is 0 Å². The van der Waals surface area contributed by atoms with Gasteiger partial charge in [0.1, 0.15) is 10.7 Å². The van der Waals surface area contributed by atoms with E-state index in [0.717, 1.165) is 18.5 Å². The van der Waals surface area contributed by atoms with E-state index in [1.165, 1.54) is 17.3 Å². The molecule has 2 aromatic heterocycles. The van der Waals surface area contributed by atoms with Crippen molar-refractivity contribution in [2.75, 3.05) is 10.0 Å². The van der Waals surface area contributed by atoms with Crippen molar-refractivity contribution >= 4 is 21.5 Å². The lowest BCUT2D eigenvalue weighted by Gasteiger charge is -2.15. The molecular formula is C20H23N5O2S. The molecule has 1 aliphatic rings. The topological polar surface area (TPSA) is 88.9 Å². The molecule has 1 aliphatic carbocycles. The fraction of sp³-hybridized carbons (Fsp3) is 0.300. The number of pyridine rings is 1. The maximum atomic E-state index is 12.7. The van der Waals surface area contributed by atoms with Crippen LogP contribution in [0.1, 0.15) is 35.0 Å². The fourth-order valence-electron chi connectivity index (χ4n) is 3.62. The van der Waals surface area contributed by atoms with Crippen molar-refractivity contribution in [3.05, 3.63) is 65.1 Å². The third kappa shape index (κ3) is 3.35. The number of rotatable bonds is 5. The fourth-order valence-corrected chi connectivity index (χ4v) is 4.75. The normalized spacial score (nSPS) is 16.0. The van der Waals surface area contributed by atoms with Crippen molar-refractivity contribution in [1.82, 2.24) is 14.8 Å². The van der Waals surface area contributed by atoms with E-state index >= 15 is 0 Å². The van der Waals surface area contributed by atoms with Crippen molar-refractivity contribution in [2.45, 2.75) is 37.6 Å². The summed E-state index contributed by atoms with van der Waals surface area (Å²) in [5.41, 5.74) is 4.53. The van der Waals surface area contributed by atoms with E-state index in [0.29, 0.717) is 17.2 Å². The third-order valence-corrected chi connectivity index (χ3v) is 6.58. The molecule has 1 unspecified atom stereocenters. The van der Waals surface area contributed by atoms with Gasteiger partial charge in [-0.25, -0.2) is 13.4 Å². The number of aryl methyl sites for hydroxylation is 3. The monoisotopic (exact) mass is 397 g/mol. The van der Waals surface area contributed by atoms with Gasteiger partial charge in [0.15, 0.2) is 0 Å². The van der Waals surface area contributed by atoms with Gasteiger partial charge in [-0.15, -0.1) is 0 Å². The Bertz CT molecular complexity index is 1120. The van der Waals surface area contributed by atoms with Gasteiger partial charge in [0, 0.05) is 13.2 Å². The summed E-state index contributed by atoms with van der Waals surface area (Å²) in [5.74, 6) is 0.661. The van der Waals surface area contributed by atoms with Crippen LogP contribution >= 0.6 is 0 Å². The van der Waals surface area contributed by atoms with Gasteiger partial charge in [0.25, 0.3) is 10.0 Å². The Balaban J connectivity index is 1.51. The summed E-state index contributed by atoms with van der Waals surface area (Å²) >= 11 is 0. The summed E-state index contributed by atoms with van der Waals surface area (Å²) in [4.78, 5) is 4.44. The molecule has 2 N–H and O–H groups in total. The SMILES string of the molecule is Cc1nn(C)c(C)c1NS(=O)(=O)c1ccc(NC2CCc3ccccc32)nc1. The number of fused-ring (bicyclic) bond motifs is 1. The van der Waals surface area contributed by atoms with Crippen LogP contribution < -0.4 is 10.0 Å². The van der Waals surface area contributed by atoms with E-state index in [1.807, 2.05) is 13.0 Å². The van der Waals surface area contributed by atoms with Gasteiger partial charge in [-0.1, -0.05) is 24.3 Å². The third-order valence-electron chi connectivity index (χ3n) is 5.25. The lowest BCUT2D eigenvalue weighted by atomic mass is 10.1. The standard InChI is InChI=1S/C20H23N5O2S/c1-13-20(14(2)25(3)23-13)24-28(26,27)16-9-11-19(21-12-16)22-18-10-8-15-6-4-5-7-17(15)18/h4-7,9,11-12,18,24H,8,10H2,1-3H3,(H,21,22). The number of benzene rings is 1. The zero-order valence-electron chi connectivity index (χ0n) is 16.1. The molecule has 0 spiro atoms. The predicted molar refractivity (Wildman–Crippen MR) is 109 cm³/mol. The molecule has 1 aromatic carbocycles. The van der Waals surface area contributed by atoms with Crippen LogP contribution in [0.3, 0.4) is 0 Å². The first-order chi connectivity index (χ1) is 13.3. The van der Waals surface area contributed by atoms with Crippen molar-refractivity contribution < 1.29 is 8.42 Å². The number of aromatic nitrogens is 3. The predicted octanol–water partition coefficient (Wildman–Crippen LogP) is 3.33. The highest BCUT2D eigenvalue weighted by molar-refractivity contribution is 7.92. The number of hydrogen-bond acceptors (Lipinski definition) is 5. The zero-order valence-corrected chi connectivity index (χ0v) is 16.9. The molecular weight excluding hydrogens is 374 g/mol. The highest BCUT2D eigenvalue weighted by atomic mass is 32.2. The van der Waals surface area contributed by atoms with Crippen molar-refractivity contribution in [2.24, 2.45) is 7.05 Å². The first kappa shape index (κ1) is 18.5. The van der Waals surface area contributed by atoms with E-state index in [2.05, 4.69) is 38.3 Å². The Hall–Kier alpha value is -2.87. The highest BCUT2D eigenvalue weighted by Gasteiger charge is 2.23. The van der Waals surface area contributed by atoms with Crippen LogP contribution in [0.15, 0.2) is 47.5 Å². The molecule has 1 atom stereocenters. The molecule has 4 rings (SSSR count). The molecule has 0 radical (unpaired) electrons. The largest absolute Gasteiger partial charge is 0.363 e. The molecule has 2 heterocycles. The molecule has 3 aromatic rings. The summed E-state index contributed by atoms with van der Waals surface area (Å²) in [6.45, 7) is 3.60. The van der Waals surface area contributed by atoms with Crippen molar-refractivity contribution in [3.63, 3.8) is 0 Å². The second kappa shape index (κ2) is 6.94. The van der Waals surface area contributed by atoms with Gasteiger partial charge in [0.2, 0.25) is 0 Å². The quantitative estimate of drug-likeness (QED) is 0.689. The second-order valence-electron chi connectivity index (χ2n) is 7.09. The Morgan fingerprint density at radius 1 is 1.14 bits per heavy atom. The maximum absolute atomic E-state index is 12.7. The van der Waals surface area contributed by atoms with Crippen LogP contribution in [0, 0.1) is 13.8 Å². The van der Waals surface area contributed by atoms with E-state index in [1.54, 1.807) is 30.8 Å². The van der Waals surface area contributed by atoms with Crippen LogP contribution in [0.5, 0.6) is 0 Å². The Morgan fingerprint density at radius 2 is 1.93 bits per heavy atom. The van der Waals surface area contributed by atoms with Crippen molar-refractivity contribution in [1.29, 1.82) is 0 Å². The minimum absolute atomic E-state index is 0.118. The minimum atomic E-state index is -3.73. The molecule has 0 bridgehead atoms. The van der Waals surface area contributed by atoms with Gasteiger partial charge in [-0.3, -0.25) is 9.40 Å². The van der Waals surface area contributed by atoms with E-state index in [4.69, 9.17) is 0 Å². The Morgan fingerprint density at radius 3 is 2.61 bits per heavy atom. The number of nitrogens with zero attached hydrogens (tertiary/aromatic N) is 3. The first-order valence-corrected chi connectivity index (χ1v) is 10.7. The first-order valence-electron chi connectivity index (χ1n) is 9.18. The van der Waals surface area contributed by atoms with Gasteiger partial charge in [-0.2, -0.15) is 5.10 Å². The Kier molecular flexibility index (Phi) is 4.58. The molecule has 0 amide bonds. The van der Waals surface area contributed by atoms with Gasteiger partial charge < -0.3 is 5.32 Å². The minimum Gasteiger partial charge on any atom is -0.363 e. The summed E-state index contributed by atoms with van der Waals surface area (Å²) < 4.78 is 29.7. The van der Waals surface area contributed by atoms with Gasteiger partial charge in [-0.05, 0) is 49.9 Å². The number of hydrogen-bond donors (Lipinski definition) is 2. The van der Waals surface area contributed by atoms with Crippen LogP contribution in [0.4, 0.5) is 11.5 Å². The molecule has 0 saturated heterocycles. The lowest BCUT2D eigenvalue weighted by Crippen LogP contribution is -2.15. The molecule has 0 fully saturated rings. The smallest absolute Gasteiger partial charge is 0.263 e. The highest BCUT2D eigenvalue weighted by Crippen LogP contribution is 2.33. The Labute approximate surface area is 164 Å². The zero-order chi connectivity index (χ0) is 19.9. The summed E-state index contributed by atoms with van der Waals surface area (Å²) in [7, 11) is -1.95. The number of nitrogens with one attached hydrogen (secondary N) is 2. The van der Waals surface area contributed by atoms with E-state index in [-0.39, 0.29) is 10.9 Å². The van der Waals surface area contributed by atoms with Gasteiger partial charge in [0.05, 0.1) is 23.1 Å². The molecule has 0 saturated carbocycles. The molecule has 7 nitrogen and oxygen atoms in total. The molecule has 28 heavy (non-hydrogen) atoms. The molecule has 146 valence electrons. The average Bonchev–Trinajstić information content (AvgIpc) is 3.18. The van der Waals surface area contributed by atoms with Crippen LogP contribution in [-0.2, 0) is 23.5 Å². The second-order valence-corrected chi connectivity index (χ2v) is 8.77. The number of sulfonamides is 1. The van der Waals surface area contributed by atoms with Gasteiger partial charge >= 0.3 is 0 Å². The molecule has 8 heteroatoms. The van der Waals surface area contributed by atoms with E-state index < -0.39 is 10.0 Å². The van der Waals surface area contributed by atoms with Crippen molar-refractivity contribution in [3.8, 4) is 0 Å². The van der Waals surface area contributed by atoms with E-state index in [9.17, 15) is 8.42 Å².